The SMILES string of the molecule is CC1(C)OB(c2ccc3cnnn3c2)OC1(C)C. The van der Waals surface area contributed by atoms with Crippen LogP contribution in [0.5, 0.6) is 0 Å². The fourth-order valence-corrected chi connectivity index (χ4v) is 1.96. The van der Waals surface area contributed by atoms with Crippen LogP contribution < -0.4 is 5.46 Å². The van der Waals surface area contributed by atoms with Gasteiger partial charge < -0.3 is 9.31 Å². The Labute approximate surface area is 106 Å². The van der Waals surface area contributed by atoms with E-state index in [1.54, 1.807) is 10.7 Å². The molecule has 1 fully saturated rings. The zero-order valence-electron chi connectivity index (χ0n) is 11.0. The van der Waals surface area contributed by atoms with E-state index in [4.69, 9.17) is 9.31 Å². The van der Waals surface area contributed by atoms with Gasteiger partial charge in [0.1, 0.15) is 0 Å². The number of nitrogens with zero attached hydrogens (tertiary/aromatic N) is 3. The Morgan fingerprint density at radius 1 is 1.11 bits per heavy atom. The van der Waals surface area contributed by atoms with Crippen LogP contribution in [-0.2, 0) is 9.31 Å². The number of hydrogen-bond acceptors (Lipinski definition) is 4. The van der Waals surface area contributed by atoms with Crippen molar-refractivity contribution < 1.29 is 9.31 Å². The predicted octanol–water partition coefficient (Wildman–Crippen LogP) is 1.03. The van der Waals surface area contributed by atoms with Crippen LogP contribution in [0.4, 0.5) is 0 Å². The first-order chi connectivity index (χ1) is 8.39. The third kappa shape index (κ3) is 1.64. The highest BCUT2D eigenvalue weighted by Crippen LogP contribution is 2.36. The van der Waals surface area contributed by atoms with Gasteiger partial charge in [0, 0.05) is 11.7 Å². The fourth-order valence-electron chi connectivity index (χ4n) is 1.96. The van der Waals surface area contributed by atoms with E-state index in [2.05, 4.69) is 10.3 Å². The highest BCUT2D eigenvalue weighted by atomic mass is 16.7. The maximum atomic E-state index is 5.99. The summed E-state index contributed by atoms with van der Waals surface area (Å²) < 4.78 is 13.7. The summed E-state index contributed by atoms with van der Waals surface area (Å²) in [6.45, 7) is 8.17. The zero-order valence-corrected chi connectivity index (χ0v) is 11.0. The summed E-state index contributed by atoms with van der Waals surface area (Å²) in [4.78, 5) is 0. The Hall–Kier alpha value is -1.40. The lowest BCUT2D eigenvalue weighted by Crippen LogP contribution is -2.41. The lowest BCUT2D eigenvalue weighted by atomic mass is 9.80. The third-order valence-electron chi connectivity index (χ3n) is 3.85. The number of rotatable bonds is 1. The minimum atomic E-state index is -0.358. The van der Waals surface area contributed by atoms with Gasteiger partial charge in [-0.15, -0.1) is 5.10 Å². The first-order valence-electron chi connectivity index (χ1n) is 6.05. The smallest absolute Gasteiger partial charge is 0.399 e. The molecule has 0 aliphatic carbocycles. The highest BCUT2D eigenvalue weighted by molar-refractivity contribution is 6.62. The van der Waals surface area contributed by atoms with E-state index in [0.29, 0.717) is 0 Å². The van der Waals surface area contributed by atoms with Gasteiger partial charge in [-0.1, -0.05) is 11.3 Å². The van der Waals surface area contributed by atoms with E-state index < -0.39 is 0 Å². The van der Waals surface area contributed by atoms with Crippen LogP contribution in [-0.4, -0.2) is 33.1 Å². The minimum absolute atomic E-state index is 0.324. The van der Waals surface area contributed by atoms with Crippen molar-refractivity contribution in [3.05, 3.63) is 24.5 Å². The van der Waals surface area contributed by atoms with Gasteiger partial charge in [0.15, 0.2) is 0 Å². The van der Waals surface area contributed by atoms with E-state index in [1.165, 1.54) is 0 Å². The van der Waals surface area contributed by atoms with E-state index in [0.717, 1.165) is 11.0 Å². The average molecular weight is 245 g/mol. The Bertz CT molecular complexity index is 578. The molecule has 5 nitrogen and oxygen atoms in total. The second-order valence-electron chi connectivity index (χ2n) is 5.65. The van der Waals surface area contributed by atoms with Crippen LogP contribution in [0, 0.1) is 0 Å². The average Bonchev–Trinajstić information content (AvgIpc) is 2.80. The second kappa shape index (κ2) is 3.55. The van der Waals surface area contributed by atoms with Gasteiger partial charge >= 0.3 is 7.12 Å². The third-order valence-corrected chi connectivity index (χ3v) is 3.85. The van der Waals surface area contributed by atoms with Crippen molar-refractivity contribution >= 4 is 18.1 Å². The molecule has 0 saturated carbocycles. The van der Waals surface area contributed by atoms with Crippen LogP contribution in [0.2, 0.25) is 0 Å². The van der Waals surface area contributed by atoms with Crippen LogP contribution in [0.25, 0.3) is 5.52 Å². The fraction of sp³-hybridized carbons (Fsp3) is 0.500. The first kappa shape index (κ1) is 11.7. The zero-order chi connectivity index (χ0) is 13.0. The maximum absolute atomic E-state index is 5.99. The van der Waals surface area contributed by atoms with Crippen LogP contribution in [0.1, 0.15) is 27.7 Å². The maximum Gasteiger partial charge on any atom is 0.496 e. The van der Waals surface area contributed by atoms with Crippen molar-refractivity contribution in [1.29, 1.82) is 0 Å². The molecule has 0 atom stereocenters. The summed E-state index contributed by atoms with van der Waals surface area (Å²) in [5.41, 5.74) is 1.26. The number of fused-ring (bicyclic) bond motifs is 1. The van der Waals surface area contributed by atoms with Gasteiger partial charge in [-0.05, 0) is 33.8 Å². The molecule has 6 heteroatoms. The quantitative estimate of drug-likeness (QED) is 0.704. The molecule has 0 spiro atoms. The Balaban J connectivity index is 1.96. The molecule has 2 aromatic rings. The van der Waals surface area contributed by atoms with Gasteiger partial charge in [0.25, 0.3) is 0 Å². The van der Waals surface area contributed by atoms with Crippen molar-refractivity contribution in [2.24, 2.45) is 0 Å². The molecule has 3 heterocycles. The first-order valence-corrected chi connectivity index (χ1v) is 6.05. The molecule has 0 unspecified atom stereocenters. The van der Waals surface area contributed by atoms with Crippen molar-refractivity contribution in [1.82, 2.24) is 14.8 Å². The Kier molecular flexibility index (Phi) is 2.31. The summed E-state index contributed by atoms with van der Waals surface area (Å²) in [7, 11) is -0.358. The van der Waals surface area contributed by atoms with Gasteiger partial charge in [0.05, 0.1) is 22.9 Å². The number of hydrogen-bond donors (Lipinski definition) is 0. The lowest BCUT2D eigenvalue weighted by Gasteiger charge is -2.32. The summed E-state index contributed by atoms with van der Waals surface area (Å²) in [6.07, 6.45) is 3.61. The molecular formula is C12H16BN3O2. The van der Waals surface area contributed by atoms with Crippen molar-refractivity contribution in [2.75, 3.05) is 0 Å². The second-order valence-corrected chi connectivity index (χ2v) is 5.65. The van der Waals surface area contributed by atoms with Crippen LogP contribution >= 0.6 is 0 Å². The summed E-state index contributed by atoms with van der Waals surface area (Å²) in [5, 5.41) is 7.84. The Morgan fingerprint density at radius 2 is 1.78 bits per heavy atom. The highest BCUT2D eigenvalue weighted by Gasteiger charge is 2.51. The monoisotopic (exact) mass is 245 g/mol. The van der Waals surface area contributed by atoms with E-state index in [1.807, 2.05) is 46.0 Å². The lowest BCUT2D eigenvalue weighted by molar-refractivity contribution is 0.00578. The Morgan fingerprint density at radius 3 is 2.44 bits per heavy atom. The molecule has 0 bridgehead atoms. The van der Waals surface area contributed by atoms with Crippen molar-refractivity contribution in [3.8, 4) is 0 Å². The molecule has 94 valence electrons. The van der Waals surface area contributed by atoms with Gasteiger partial charge in [-0.2, -0.15) is 0 Å². The van der Waals surface area contributed by atoms with Gasteiger partial charge in [-0.3, -0.25) is 0 Å². The molecule has 0 radical (unpaired) electrons. The summed E-state index contributed by atoms with van der Waals surface area (Å²) in [5.74, 6) is 0. The summed E-state index contributed by atoms with van der Waals surface area (Å²) >= 11 is 0. The molecule has 0 amide bonds. The van der Waals surface area contributed by atoms with Gasteiger partial charge in [0.2, 0.25) is 0 Å². The van der Waals surface area contributed by atoms with Crippen LogP contribution in [0.3, 0.4) is 0 Å². The van der Waals surface area contributed by atoms with E-state index in [9.17, 15) is 0 Å². The topological polar surface area (TPSA) is 48.7 Å². The molecule has 18 heavy (non-hydrogen) atoms. The molecule has 0 aromatic carbocycles. The van der Waals surface area contributed by atoms with Crippen LogP contribution in [0.15, 0.2) is 24.5 Å². The van der Waals surface area contributed by atoms with Crippen molar-refractivity contribution in [3.63, 3.8) is 0 Å². The number of pyridine rings is 1. The largest absolute Gasteiger partial charge is 0.496 e. The number of aromatic nitrogens is 3. The standard InChI is InChI=1S/C12H16BN3O2/c1-11(2)12(3,4)18-13(17-11)9-5-6-10-7-14-15-16(10)8-9/h5-8H,1-4H3. The predicted molar refractivity (Wildman–Crippen MR) is 68.7 cm³/mol. The molecule has 1 saturated heterocycles. The molecular weight excluding hydrogens is 229 g/mol. The van der Waals surface area contributed by atoms with E-state index >= 15 is 0 Å². The molecule has 3 rings (SSSR count). The summed E-state index contributed by atoms with van der Waals surface area (Å²) in [6, 6.07) is 3.95. The minimum Gasteiger partial charge on any atom is -0.399 e. The molecule has 2 aromatic heterocycles. The normalized spacial score (nSPS) is 21.7. The molecule has 1 aliphatic rings. The molecule has 1 aliphatic heterocycles. The van der Waals surface area contributed by atoms with Gasteiger partial charge in [-0.25, -0.2) is 4.52 Å². The molecule has 0 N–H and O–H groups in total. The van der Waals surface area contributed by atoms with E-state index in [-0.39, 0.29) is 18.3 Å². The van der Waals surface area contributed by atoms with Crippen molar-refractivity contribution in [2.45, 2.75) is 38.9 Å².